The largest absolute Gasteiger partial charge is 0.508 e. The zero-order chi connectivity index (χ0) is 31.1. The van der Waals surface area contributed by atoms with E-state index >= 15 is 0 Å². The Bertz CT molecular complexity index is 1630. The van der Waals surface area contributed by atoms with Gasteiger partial charge in [0, 0.05) is 37.3 Å². The second-order valence-electron chi connectivity index (χ2n) is 11.2. The number of nitrogens with zero attached hydrogens (tertiary/aromatic N) is 3. The Hall–Kier alpha value is -4.49. The van der Waals surface area contributed by atoms with Crippen molar-refractivity contribution in [3.05, 3.63) is 125 Å². The maximum absolute atomic E-state index is 13.1. The number of phenolic OH excluding ortho intramolecular Hbond substituents is 1. The molecule has 4 aromatic carbocycles. The summed E-state index contributed by atoms with van der Waals surface area (Å²) in [4.78, 5) is 7.61. The van der Waals surface area contributed by atoms with E-state index in [1.54, 1.807) is 26.0 Å². The molecule has 0 saturated heterocycles. The van der Waals surface area contributed by atoms with E-state index in [1.807, 2.05) is 60.7 Å². The van der Waals surface area contributed by atoms with E-state index in [1.165, 1.54) is 0 Å². The van der Waals surface area contributed by atoms with E-state index in [4.69, 9.17) is 9.72 Å². The second-order valence-corrected chi connectivity index (χ2v) is 11.2. The first-order chi connectivity index (χ1) is 21.3. The topological polar surface area (TPSA) is 50.5 Å². The van der Waals surface area contributed by atoms with Gasteiger partial charge in [0.05, 0.1) is 11.4 Å². The molecular formula is C37H39F2N3O2. The molecule has 5 rings (SSSR count). The first-order valence-corrected chi connectivity index (χ1v) is 15.1. The van der Waals surface area contributed by atoms with Crippen molar-refractivity contribution >= 4 is 0 Å². The molecule has 0 bridgehead atoms. The van der Waals surface area contributed by atoms with E-state index in [0.717, 1.165) is 58.9 Å². The molecule has 0 aliphatic carbocycles. The Balaban J connectivity index is 1.60. The summed E-state index contributed by atoms with van der Waals surface area (Å²) in [5.74, 6) is 1.39. The maximum atomic E-state index is 13.1. The highest BCUT2D eigenvalue weighted by atomic mass is 19.3. The number of unbranched alkanes of at least 4 members (excludes halogenated alkanes) is 1. The summed E-state index contributed by atoms with van der Waals surface area (Å²) >= 11 is 0. The van der Waals surface area contributed by atoms with E-state index < -0.39 is 6.61 Å². The van der Waals surface area contributed by atoms with Crippen molar-refractivity contribution in [2.45, 2.75) is 66.4 Å². The second kappa shape index (κ2) is 14.3. The first-order valence-electron chi connectivity index (χ1n) is 15.1. The highest BCUT2D eigenvalue weighted by molar-refractivity contribution is 5.68. The molecule has 228 valence electrons. The molecule has 0 aliphatic rings. The third kappa shape index (κ3) is 7.53. The van der Waals surface area contributed by atoms with Gasteiger partial charge in [-0.2, -0.15) is 8.78 Å². The Kier molecular flexibility index (Phi) is 10.1. The lowest BCUT2D eigenvalue weighted by molar-refractivity contribution is -0.0507. The average molecular weight is 596 g/mol. The Morgan fingerprint density at radius 1 is 0.795 bits per heavy atom. The quantitative estimate of drug-likeness (QED) is 0.147. The van der Waals surface area contributed by atoms with Crippen LogP contribution in [-0.2, 0) is 26.2 Å². The number of aromatic hydroxyl groups is 1. The van der Waals surface area contributed by atoms with E-state index in [2.05, 4.69) is 40.7 Å². The molecule has 0 atom stereocenters. The van der Waals surface area contributed by atoms with Gasteiger partial charge in [0.1, 0.15) is 17.3 Å². The summed E-state index contributed by atoms with van der Waals surface area (Å²) in [6.07, 6.45) is 2.06. The molecule has 0 saturated carbocycles. The lowest BCUT2D eigenvalue weighted by Gasteiger charge is -2.25. The number of alkyl halides is 2. The SMILES string of the molecule is CCCCn1c(-c2ccccc2)nc(-c2ccccc2)c1CN(Cc1ccc(O)cc1)Cc1cc(C)c(OC(F)F)c(C)c1. The van der Waals surface area contributed by atoms with Gasteiger partial charge >= 0.3 is 6.61 Å². The van der Waals surface area contributed by atoms with Gasteiger partial charge in [0.2, 0.25) is 0 Å². The van der Waals surface area contributed by atoms with Gasteiger partial charge < -0.3 is 14.4 Å². The molecule has 0 radical (unpaired) electrons. The Morgan fingerprint density at radius 3 is 1.98 bits per heavy atom. The van der Waals surface area contributed by atoms with Crippen molar-refractivity contribution in [3.63, 3.8) is 0 Å². The van der Waals surface area contributed by atoms with E-state index in [9.17, 15) is 13.9 Å². The minimum atomic E-state index is -2.87. The van der Waals surface area contributed by atoms with Gasteiger partial charge in [-0.3, -0.25) is 4.90 Å². The third-order valence-electron chi connectivity index (χ3n) is 7.74. The molecular weight excluding hydrogens is 556 g/mol. The summed E-state index contributed by atoms with van der Waals surface area (Å²) in [7, 11) is 0. The predicted octanol–water partition coefficient (Wildman–Crippen LogP) is 9.14. The molecule has 5 aromatic rings. The minimum Gasteiger partial charge on any atom is -0.508 e. The van der Waals surface area contributed by atoms with Crippen molar-refractivity contribution in [1.82, 2.24) is 14.5 Å². The summed E-state index contributed by atoms with van der Waals surface area (Å²) in [6, 6.07) is 31.7. The molecule has 0 amide bonds. The fourth-order valence-corrected chi connectivity index (χ4v) is 5.74. The molecule has 0 spiro atoms. The van der Waals surface area contributed by atoms with Crippen LogP contribution in [0.5, 0.6) is 11.5 Å². The van der Waals surface area contributed by atoms with Crippen molar-refractivity contribution in [2.24, 2.45) is 0 Å². The predicted molar refractivity (Wildman–Crippen MR) is 172 cm³/mol. The van der Waals surface area contributed by atoms with Crippen LogP contribution in [0.25, 0.3) is 22.6 Å². The molecule has 5 nitrogen and oxygen atoms in total. The van der Waals surface area contributed by atoms with Crippen molar-refractivity contribution in [1.29, 1.82) is 0 Å². The number of ether oxygens (including phenoxy) is 1. The van der Waals surface area contributed by atoms with Gasteiger partial charge in [-0.05, 0) is 54.7 Å². The van der Waals surface area contributed by atoms with Crippen LogP contribution in [0, 0.1) is 13.8 Å². The van der Waals surface area contributed by atoms with Crippen LogP contribution < -0.4 is 4.74 Å². The summed E-state index contributed by atoms with van der Waals surface area (Å²) in [6.45, 7) is 5.55. The van der Waals surface area contributed by atoms with Gasteiger partial charge in [-0.25, -0.2) is 4.98 Å². The number of hydrogen-bond acceptors (Lipinski definition) is 4. The maximum Gasteiger partial charge on any atom is 0.387 e. The van der Waals surface area contributed by atoms with Crippen LogP contribution in [-0.4, -0.2) is 26.2 Å². The molecule has 1 heterocycles. The standard InChI is InChI=1S/C37H39F2N3O2/c1-4-5-20-42-33(34(30-12-8-6-9-13-30)40-36(42)31-14-10-7-11-15-31)25-41(23-28-16-18-32(43)19-17-28)24-29-21-26(2)35(27(3)22-29)44-37(38)39/h6-19,21-22,37,43H,4-5,20,23-25H2,1-3H3. The van der Waals surface area contributed by atoms with Crippen molar-refractivity contribution < 1.29 is 18.6 Å². The number of aryl methyl sites for hydroxylation is 2. The Morgan fingerprint density at radius 2 is 1.39 bits per heavy atom. The minimum absolute atomic E-state index is 0.220. The Labute approximate surface area is 258 Å². The fraction of sp³-hybridized carbons (Fsp3) is 0.270. The van der Waals surface area contributed by atoms with Gasteiger partial charge in [-0.1, -0.05) is 98.3 Å². The third-order valence-corrected chi connectivity index (χ3v) is 7.74. The van der Waals surface area contributed by atoms with E-state index in [0.29, 0.717) is 30.8 Å². The van der Waals surface area contributed by atoms with Crippen LogP contribution in [0.4, 0.5) is 8.78 Å². The zero-order valence-corrected chi connectivity index (χ0v) is 25.5. The highest BCUT2D eigenvalue weighted by Gasteiger charge is 2.23. The van der Waals surface area contributed by atoms with Crippen molar-refractivity contribution in [3.8, 4) is 34.1 Å². The summed E-state index contributed by atoms with van der Waals surface area (Å²) in [5, 5.41) is 9.91. The summed E-state index contributed by atoms with van der Waals surface area (Å²) < 4.78 is 33.3. The van der Waals surface area contributed by atoms with Crippen molar-refractivity contribution in [2.75, 3.05) is 0 Å². The lowest BCUT2D eigenvalue weighted by atomic mass is 10.0. The highest BCUT2D eigenvalue weighted by Crippen LogP contribution is 2.33. The first kappa shape index (κ1) is 31.0. The monoisotopic (exact) mass is 595 g/mol. The normalized spacial score (nSPS) is 11.4. The van der Waals surface area contributed by atoms with Crippen LogP contribution in [0.1, 0.15) is 47.7 Å². The van der Waals surface area contributed by atoms with Gasteiger partial charge in [-0.15, -0.1) is 0 Å². The summed E-state index contributed by atoms with van der Waals surface area (Å²) in [5.41, 5.74) is 7.60. The number of aromatic nitrogens is 2. The lowest BCUT2D eigenvalue weighted by Crippen LogP contribution is -2.25. The number of phenols is 1. The van der Waals surface area contributed by atoms with Crippen LogP contribution in [0.3, 0.4) is 0 Å². The number of hydrogen-bond donors (Lipinski definition) is 1. The average Bonchev–Trinajstić information content (AvgIpc) is 3.37. The van der Waals surface area contributed by atoms with Crippen LogP contribution >= 0.6 is 0 Å². The molecule has 1 aromatic heterocycles. The van der Waals surface area contributed by atoms with Gasteiger partial charge in [0.25, 0.3) is 0 Å². The number of benzene rings is 4. The number of halogens is 2. The molecule has 7 heteroatoms. The molecule has 0 fully saturated rings. The fourth-order valence-electron chi connectivity index (χ4n) is 5.74. The smallest absolute Gasteiger partial charge is 0.387 e. The molecule has 0 unspecified atom stereocenters. The van der Waals surface area contributed by atoms with E-state index in [-0.39, 0.29) is 11.5 Å². The van der Waals surface area contributed by atoms with Gasteiger partial charge in [0.15, 0.2) is 0 Å². The van der Waals surface area contributed by atoms with Crippen LogP contribution in [0.15, 0.2) is 97.1 Å². The number of imidazole rings is 1. The molecule has 44 heavy (non-hydrogen) atoms. The number of rotatable bonds is 13. The zero-order valence-electron chi connectivity index (χ0n) is 25.5. The molecule has 1 N–H and O–H groups in total. The van der Waals surface area contributed by atoms with Crippen LogP contribution in [0.2, 0.25) is 0 Å². The molecule has 0 aliphatic heterocycles.